The average Bonchev–Trinajstić information content (AvgIpc) is 2.43. The van der Waals surface area contributed by atoms with Gasteiger partial charge in [0.1, 0.15) is 0 Å². The van der Waals surface area contributed by atoms with Crippen molar-refractivity contribution < 1.29 is 4.79 Å². The van der Waals surface area contributed by atoms with E-state index in [2.05, 4.69) is 11.4 Å². The Morgan fingerprint density at radius 1 is 1.21 bits per heavy atom. The first kappa shape index (κ1) is 14.4. The van der Waals surface area contributed by atoms with Crippen LogP contribution < -0.4 is 5.32 Å². The molecule has 0 bridgehead atoms. The predicted octanol–water partition coefficient (Wildman–Crippen LogP) is 4.61. The van der Waals surface area contributed by atoms with Crippen LogP contribution in [0, 0.1) is 0 Å². The first-order chi connectivity index (χ1) is 9.16. The summed E-state index contributed by atoms with van der Waals surface area (Å²) in [6.45, 7) is 0.672. The minimum Gasteiger partial charge on any atom is -0.352 e. The van der Waals surface area contributed by atoms with E-state index in [0.717, 1.165) is 6.42 Å². The van der Waals surface area contributed by atoms with E-state index in [4.69, 9.17) is 23.2 Å². The summed E-state index contributed by atoms with van der Waals surface area (Å²) in [5, 5.41) is 3.78. The van der Waals surface area contributed by atoms with Gasteiger partial charge in [-0.15, -0.1) is 0 Å². The summed E-state index contributed by atoms with van der Waals surface area (Å²) < 4.78 is 0. The highest BCUT2D eigenvalue weighted by Gasteiger charge is 2.08. The van der Waals surface area contributed by atoms with Crippen molar-refractivity contribution >= 4 is 29.1 Å². The van der Waals surface area contributed by atoms with Crippen LogP contribution in [-0.2, 0) is 0 Å². The first-order valence-electron chi connectivity index (χ1n) is 6.58. The van der Waals surface area contributed by atoms with Crippen molar-refractivity contribution in [3.63, 3.8) is 0 Å². The van der Waals surface area contributed by atoms with E-state index in [1.165, 1.54) is 31.3 Å². The van der Waals surface area contributed by atoms with Crippen molar-refractivity contribution in [3.05, 3.63) is 45.5 Å². The van der Waals surface area contributed by atoms with Crippen molar-refractivity contribution in [1.82, 2.24) is 5.32 Å². The molecule has 0 spiro atoms. The molecule has 1 N–H and O–H groups in total. The highest BCUT2D eigenvalue weighted by Crippen LogP contribution is 2.22. The second-order valence-electron chi connectivity index (χ2n) is 4.74. The number of carbonyl (C=O) groups is 1. The third kappa shape index (κ3) is 4.26. The molecule has 19 heavy (non-hydrogen) atoms. The highest BCUT2D eigenvalue weighted by atomic mass is 35.5. The van der Waals surface area contributed by atoms with Crippen LogP contribution in [0.2, 0.25) is 10.0 Å². The minimum atomic E-state index is -0.102. The summed E-state index contributed by atoms with van der Waals surface area (Å²) in [6.07, 6.45) is 8.15. The number of rotatable bonds is 4. The Kier molecular flexibility index (Phi) is 5.29. The number of amides is 1. The fourth-order valence-electron chi connectivity index (χ4n) is 2.21. The number of hydrogen-bond acceptors (Lipinski definition) is 1. The molecule has 1 aromatic rings. The molecule has 1 amide bonds. The van der Waals surface area contributed by atoms with E-state index in [-0.39, 0.29) is 5.91 Å². The number of allylic oxidation sites excluding steroid dienone is 1. The third-order valence-corrected chi connectivity index (χ3v) is 4.04. The molecule has 1 aliphatic rings. The van der Waals surface area contributed by atoms with Gasteiger partial charge in [0.25, 0.3) is 5.91 Å². The van der Waals surface area contributed by atoms with E-state index in [1.54, 1.807) is 18.2 Å². The van der Waals surface area contributed by atoms with E-state index in [9.17, 15) is 4.79 Å². The Morgan fingerprint density at radius 2 is 2.05 bits per heavy atom. The molecule has 0 unspecified atom stereocenters. The zero-order valence-corrected chi connectivity index (χ0v) is 12.2. The Hall–Kier alpha value is -0.990. The van der Waals surface area contributed by atoms with Crippen LogP contribution in [0.4, 0.5) is 0 Å². The monoisotopic (exact) mass is 297 g/mol. The molecular formula is C15H17Cl2NO. The molecule has 1 aromatic carbocycles. The Bertz CT molecular complexity index is 497. The average molecular weight is 298 g/mol. The Morgan fingerprint density at radius 3 is 2.74 bits per heavy atom. The second-order valence-corrected chi connectivity index (χ2v) is 5.56. The van der Waals surface area contributed by atoms with Gasteiger partial charge in [-0.3, -0.25) is 4.79 Å². The molecule has 0 saturated carbocycles. The van der Waals surface area contributed by atoms with Crippen LogP contribution in [0.5, 0.6) is 0 Å². The molecule has 0 aromatic heterocycles. The zero-order chi connectivity index (χ0) is 13.7. The standard InChI is InChI=1S/C15H17Cl2NO/c16-13-7-6-12(10-14(13)17)15(19)18-9-8-11-4-2-1-3-5-11/h4,6-7,10H,1-3,5,8-9H2,(H,18,19). The number of nitrogens with one attached hydrogen (secondary N) is 1. The lowest BCUT2D eigenvalue weighted by Crippen LogP contribution is -2.24. The maximum atomic E-state index is 11.9. The minimum absolute atomic E-state index is 0.102. The molecule has 0 saturated heterocycles. The van der Waals surface area contributed by atoms with E-state index in [1.807, 2.05) is 0 Å². The fourth-order valence-corrected chi connectivity index (χ4v) is 2.51. The smallest absolute Gasteiger partial charge is 0.251 e. The number of benzene rings is 1. The van der Waals surface area contributed by atoms with E-state index >= 15 is 0 Å². The molecule has 0 fully saturated rings. The first-order valence-corrected chi connectivity index (χ1v) is 7.33. The summed E-state index contributed by atoms with van der Waals surface area (Å²) in [5.74, 6) is -0.102. The molecule has 1 aliphatic carbocycles. The maximum Gasteiger partial charge on any atom is 0.251 e. The predicted molar refractivity (Wildman–Crippen MR) is 80.0 cm³/mol. The molecular weight excluding hydrogens is 281 g/mol. The van der Waals surface area contributed by atoms with Crippen LogP contribution in [0.15, 0.2) is 29.8 Å². The van der Waals surface area contributed by atoms with Crippen molar-refractivity contribution in [2.75, 3.05) is 6.54 Å². The normalized spacial score (nSPS) is 14.9. The van der Waals surface area contributed by atoms with Gasteiger partial charge < -0.3 is 5.32 Å². The molecule has 102 valence electrons. The van der Waals surface area contributed by atoms with Crippen LogP contribution in [0.1, 0.15) is 42.5 Å². The van der Waals surface area contributed by atoms with Crippen molar-refractivity contribution in [3.8, 4) is 0 Å². The largest absolute Gasteiger partial charge is 0.352 e. The molecule has 2 nitrogen and oxygen atoms in total. The summed E-state index contributed by atoms with van der Waals surface area (Å²) >= 11 is 11.7. The van der Waals surface area contributed by atoms with Gasteiger partial charge in [0.2, 0.25) is 0 Å². The van der Waals surface area contributed by atoms with Gasteiger partial charge in [-0.05, 0) is 50.3 Å². The van der Waals surface area contributed by atoms with Crippen molar-refractivity contribution in [1.29, 1.82) is 0 Å². The van der Waals surface area contributed by atoms with Crippen LogP contribution in [0.25, 0.3) is 0 Å². The number of carbonyl (C=O) groups excluding carboxylic acids is 1. The van der Waals surface area contributed by atoms with Gasteiger partial charge in [0.05, 0.1) is 10.0 Å². The fraction of sp³-hybridized carbons (Fsp3) is 0.400. The van der Waals surface area contributed by atoms with Crippen LogP contribution in [0.3, 0.4) is 0 Å². The Balaban J connectivity index is 1.83. The number of hydrogen-bond donors (Lipinski definition) is 1. The molecule has 0 heterocycles. The van der Waals surface area contributed by atoms with Crippen molar-refractivity contribution in [2.24, 2.45) is 0 Å². The van der Waals surface area contributed by atoms with Crippen LogP contribution >= 0.6 is 23.2 Å². The zero-order valence-electron chi connectivity index (χ0n) is 10.7. The molecule has 4 heteroatoms. The summed E-state index contributed by atoms with van der Waals surface area (Å²) in [4.78, 5) is 11.9. The van der Waals surface area contributed by atoms with Gasteiger partial charge in [-0.1, -0.05) is 34.9 Å². The van der Waals surface area contributed by atoms with Gasteiger partial charge in [-0.25, -0.2) is 0 Å². The SMILES string of the molecule is O=C(NCCC1=CCCCC1)c1ccc(Cl)c(Cl)c1. The quantitative estimate of drug-likeness (QED) is 0.808. The highest BCUT2D eigenvalue weighted by molar-refractivity contribution is 6.42. The maximum absolute atomic E-state index is 11.9. The van der Waals surface area contributed by atoms with Gasteiger partial charge in [0.15, 0.2) is 0 Å². The van der Waals surface area contributed by atoms with Gasteiger partial charge in [0, 0.05) is 12.1 Å². The lowest BCUT2D eigenvalue weighted by molar-refractivity contribution is 0.0954. The topological polar surface area (TPSA) is 29.1 Å². The lowest BCUT2D eigenvalue weighted by atomic mass is 9.97. The summed E-state index contributed by atoms with van der Waals surface area (Å²) in [6, 6.07) is 4.92. The van der Waals surface area contributed by atoms with Gasteiger partial charge >= 0.3 is 0 Å². The lowest BCUT2D eigenvalue weighted by Gasteiger charge is -2.13. The Labute approximate surface area is 123 Å². The van der Waals surface area contributed by atoms with E-state index in [0.29, 0.717) is 22.2 Å². The summed E-state index contributed by atoms with van der Waals surface area (Å²) in [7, 11) is 0. The van der Waals surface area contributed by atoms with E-state index < -0.39 is 0 Å². The van der Waals surface area contributed by atoms with Crippen molar-refractivity contribution in [2.45, 2.75) is 32.1 Å². The van der Waals surface area contributed by atoms with Gasteiger partial charge in [-0.2, -0.15) is 0 Å². The molecule has 0 aliphatic heterocycles. The van der Waals surface area contributed by atoms with Crippen LogP contribution in [-0.4, -0.2) is 12.5 Å². The summed E-state index contributed by atoms with van der Waals surface area (Å²) in [5.41, 5.74) is 2.01. The molecule has 0 radical (unpaired) electrons. The number of halogens is 2. The molecule has 2 rings (SSSR count). The molecule has 0 atom stereocenters. The third-order valence-electron chi connectivity index (χ3n) is 3.30. The second kappa shape index (κ2) is 6.97.